The van der Waals surface area contributed by atoms with Gasteiger partial charge in [-0.25, -0.2) is 4.98 Å². The predicted molar refractivity (Wildman–Crippen MR) is 81.6 cm³/mol. The summed E-state index contributed by atoms with van der Waals surface area (Å²) in [5.74, 6) is 0. The molecule has 0 radical (unpaired) electrons. The molecule has 1 N–H and O–H groups in total. The van der Waals surface area contributed by atoms with Crippen molar-refractivity contribution < 1.29 is 0 Å². The summed E-state index contributed by atoms with van der Waals surface area (Å²) in [5, 5.41) is 6.23. The Labute approximate surface area is 121 Å². The summed E-state index contributed by atoms with van der Waals surface area (Å²) in [7, 11) is 0. The fourth-order valence-electron chi connectivity index (χ4n) is 1.87. The number of aryl methyl sites for hydroxylation is 1. The lowest BCUT2D eigenvalue weighted by atomic mass is 10.2. The van der Waals surface area contributed by atoms with Crippen molar-refractivity contribution in [1.82, 2.24) is 15.0 Å². The van der Waals surface area contributed by atoms with E-state index >= 15 is 0 Å². The van der Waals surface area contributed by atoms with Gasteiger partial charge in [-0.3, -0.25) is 9.97 Å². The van der Waals surface area contributed by atoms with Crippen LogP contribution in [0, 0.1) is 6.92 Å². The van der Waals surface area contributed by atoms with Crippen LogP contribution in [0.3, 0.4) is 0 Å². The molecule has 3 aromatic rings. The largest absolute Gasteiger partial charge is 0.356 e. The van der Waals surface area contributed by atoms with Crippen LogP contribution in [0.5, 0.6) is 0 Å². The highest BCUT2D eigenvalue weighted by molar-refractivity contribution is 7.14. The van der Waals surface area contributed by atoms with E-state index < -0.39 is 0 Å². The zero-order chi connectivity index (χ0) is 13.8. The summed E-state index contributed by atoms with van der Waals surface area (Å²) in [6.45, 7) is 2.68. The van der Waals surface area contributed by atoms with Crippen LogP contribution in [-0.2, 0) is 6.54 Å². The summed E-state index contributed by atoms with van der Waals surface area (Å²) in [6.07, 6.45) is 3.58. The molecule has 4 nitrogen and oxygen atoms in total. The van der Waals surface area contributed by atoms with E-state index in [0.29, 0.717) is 6.54 Å². The average molecular weight is 282 g/mol. The minimum absolute atomic E-state index is 0.682. The molecule has 0 unspecified atom stereocenters. The van der Waals surface area contributed by atoms with Crippen molar-refractivity contribution in [2.45, 2.75) is 13.5 Å². The Morgan fingerprint density at radius 3 is 2.90 bits per heavy atom. The Hall–Kier alpha value is -2.27. The van der Waals surface area contributed by atoms with Crippen molar-refractivity contribution in [3.05, 3.63) is 59.5 Å². The monoisotopic (exact) mass is 282 g/mol. The highest BCUT2D eigenvalue weighted by Crippen LogP contribution is 2.24. The Morgan fingerprint density at radius 2 is 2.10 bits per heavy atom. The molecule has 0 bridgehead atoms. The second kappa shape index (κ2) is 5.79. The maximum atomic E-state index is 4.56. The Balaban J connectivity index is 1.69. The molecule has 0 aliphatic heterocycles. The summed E-state index contributed by atoms with van der Waals surface area (Å²) in [6, 6.07) is 9.94. The van der Waals surface area contributed by atoms with E-state index in [1.165, 1.54) is 0 Å². The first kappa shape index (κ1) is 12.7. The van der Waals surface area contributed by atoms with Gasteiger partial charge >= 0.3 is 0 Å². The Kier molecular flexibility index (Phi) is 3.69. The van der Waals surface area contributed by atoms with Crippen LogP contribution in [-0.4, -0.2) is 15.0 Å². The van der Waals surface area contributed by atoms with E-state index in [9.17, 15) is 0 Å². The SMILES string of the molecule is Cc1cccc(CNc2nc(-c3cccnc3)cs2)n1. The van der Waals surface area contributed by atoms with Gasteiger partial charge in [-0.2, -0.15) is 0 Å². The molecule has 0 saturated heterocycles. The fraction of sp³-hybridized carbons (Fsp3) is 0.133. The van der Waals surface area contributed by atoms with E-state index in [1.807, 2.05) is 48.8 Å². The first-order valence-electron chi connectivity index (χ1n) is 6.33. The number of anilines is 1. The number of aromatic nitrogens is 3. The lowest BCUT2D eigenvalue weighted by Gasteiger charge is -2.02. The maximum absolute atomic E-state index is 4.56. The molecule has 100 valence electrons. The molecule has 0 aliphatic rings. The summed E-state index contributed by atoms with van der Waals surface area (Å²) < 4.78 is 0. The van der Waals surface area contributed by atoms with Crippen molar-refractivity contribution in [2.24, 2.45) is 0 Å². The number of thiazole rings is 1. The molecule has 0 fully saturated rings. The normalized spacial score (nSPS) is 10.4. The van der Waals surface area contributed by atoms with Gasteiger partial charge in [0, 0.05) is 29.0 Å². The first-order chi connectivity index (χ1) is 9.81. The average Bonchev–Trinajstić information content (AvgIpc) is 2.95. The van der Waals surface area contributed by atoms with E-state index in [4.69, 9.17) is 0 Å². The van der Waals surface area contributed by atoms with Crippen LogP contribution in [0.15, 0.2) is 48.1 Å². The van der Waals surface area contributed by atoms with E-state index in [2.05, 4.69) is 20.3 Å². The third-order valence-electron chi connectivity index (χ3n) is 2.83. The van der Waals surface area contributed by atoms with Crippen LogP contribution in [0.4, 0.5) is 5.13 Å². The van der Waals surface area contributed by atoms with Crippen LogP contribution in [0.1, 0.15) is 11.4 Å². The molecule has 0 aromatic carbocycles. The van der Waals surface area contributed by atoms with Crippen LogP contribution in [0.2, 0.25) is 0 Å². The second-order valence-electron chi connectivity index (χ2n) is 4.40. The van der Waals surface area contributed by atoms with Crippen molar-refractivity contribution in [2.75, 3.05) is 5.32 Å². The van der Waals surface area contributed by atoms with Crippen molar-refractivity contribution in [3.8, 4) is 11.3 Å². The van der Waals surface area contributed by atoms with Gasteiger partial charge < -0.3 is 5.32 Å². The van der Waals surface area contributed by atoms with Gasteiger partial charge in [0.25, 0.3) is 0 Å². The van der Waals surface area contributed by atoms with Crippen LogP contribution >= 0.6 is 11.3 Å². The van der Waals surface area contributed by atoms with Gasteiger partial charge in [-0.05, 0) is 31.2 Å². The van der Waals surface area contributed by atoms with Crippen LogP contribution in [0.25, 0.3) is 11.3 Å². The van der Waals surface area contributed by atoms with E-state index in [0.717, 1.165) is 27.8 Å². The molecule has 0 saturated carbocycles. The number of nitrogens with one attached hydrogen (secondary N) is 1. The minimum atomic E-state index is 0.682. The van der Waals surface area contributed by atoms with Crippen LogP contribution < -0.4 is 5.32 Å². The molecule has 5 heteroatoms. The third-order valence-corrected chi connectivity index (χ3v) is 3.63. The molecule has 0 spiro atoms. The molecule has 3 rings (SSSR count). The molecule has 3 heterocycles. The fourth-order valence-corrected chi connectivity index (χ4v) is 2.58. The van der Waals surface area contributed by atoms with E-state index in [1.54, 1.807) is 17.5 Å². The summed E-state index contributed by atoms with van der Waals surface area (Å²) in [5.41, 5.74) is 4.02. The van der Waals surface area contributed by atoms with Crippen molar-refractivity contribution >= 4 is 16.5 Å². The molecule has 0 atom stereocenters. The van der Waals surface area contributed by atoms with Crippen molar-refractivity contribution in [3.63, 3.8) is 0 Å². The molecular weight excluding hydrogens is 268 g/mol. The lowest BCUT2D eigenvalue weighted by molar-refractivity contribution is 1.01. The Bertz CT molecular complexity index is 694. The van der Waals surface area contributed by atoms with Gasteiger partial charge in [0.15, 0.2) is 5.13 Å². The van der Waals surface area contributed by atoms with Gasteiger partial charge in [-0.1, -0.05) is 6.07 Å². The number of rotatable bonds is 4. The quantitative estimate of drug-likeness (QED) is 0.795. The highest BCUT2D eigenvalue weighted by Gasteiger charge is 2.04. The molecule has 0 aliphatic carbocycles. The first-order valence-corrected chi connectivity index (χ1v) is 7.21. The van der Waals surface area contributed by atoms with Gasteiger partial charge in [0.1, 0.15) is 0 Å². The van der Waals surface area contributed by atoms with Gasteiger partial charge in [0.2, 0.25) is 0 Å². The maximum Gasteiger partial charge on any atom is 0.183 e. The predicted octanol–water partition coefficient (Wildman–Crippen LogP) is 3.52. The molecule has 0 amide bonds. The van der Waals surface area contributed by atoms with Crippen molar-refractivity contribution in [1.29, 1.82) is 0 Å². The molecule has 20 heavy (non-hydrogen) atoms. The van der Waals surface area contributed by atoms with Gasteiger partial charge in [-0.15, -0.1) is 11.3 Å². The number of hydrogen-bond acceptors (Lipinski definition) is 5. The second-order valence-corrected chi connectivity index (χ2v) is 5.26. The summed E-state index contributed by atoms with van der Waals surface area (Å²) >= 11 is 1.59. The highest BCUT2D eigenvalue weighted by atomic mass is 32.1. The lowest BCUT2D eigenvalue weighted by Crippen LogP contribution is -2.01. The zero-order valence-electron chi connectivity index (χ0n) is 11.1. The molecule has 3 aromatic heterocycles. The topological polar surface area (TPSA) is 50.7 Å². The Morgan fingerprint density at radius 1 is 1.15 bits per heavy atom. The third kappa shape index (κ3) is 3.00. The molecular formula is C15H14N4S. The number of hydrogen-bond donors (Lipinski definition) is 1. The van der Waals surface area contributed by atoms with Gasteiger partial charge in [0.05, 0.1) is 17.9 Å². The van der Waals surface area contributed by atoms with E-state index in [-0.39, 0.29) is 0 Å². The number of pyridine rings is 2. The minimum Gasteiger partial charge on any atom is -0.356 e. The summed E-state index contributed by atoms with van der Waals surface area (Å²) in [4.78, 5) is 13.1. The zero-order valence-corrected chi connectivity index (χ0v) is 11.9. The smallest absolute Gasteiger partial charge is 0.183 e. The number of nitrogens with zero attached hydrogens (tertiary/aromatic N) is 3. The standard InChI is InChI=1S/C15H14N4S/c1-11-4-2-6-13(18-11)9-17-15-19-14(10-20-15)12-5-3-7-16-8-12/h2-8,10H,9H2,1H3,(H,17,19).